The lowest BCUT2D eigenvalue weighted by molar-refractivity contribution is 0.128. The van der Waals surface area contributed by atoms with Crippen molar-refractivity contribution < 1.29 is 9.52 Å². The minimum Gasteiger partial charge on any atom is -0.468 e. The van der Waals surface area contributed by atoms with Crippen molar-refractivity contribution in [2.75, 3.05) is 6.54 Å². The maximum absolute atomic E-state index is 9.37. The van der Waals surface area contributed by atoms with Crippen molar-refractivity contribution in [2.24, 2.45) is 5.41 Å². The summed E-state index contributed by atoms with van der Waals surface area (Å²) >= 11 is 0. The molecule has 92 valence electrons. The van der Waals surface area contributed by atoms with Crippen LogP contribution in [0.1, 0.15) is 38.5 Å². The summed E-state index contributed by atoms with van der Waals surface area (Å²) in [6.45, 7) is 9.81. The Balaban J connectivity index is 2.32. The molecule has 0 radical (unpaired) electrons. The molecule has 0 bridgehead atoms. The fourth-order valence-corrected chi connectivity index (χ4v) is 1.97. The molecule has 0 fully saturated rings. The predicted octanol–water partition coefficient (Wildman–Crippen LogP) is 2.47. The minimum absolute atomic E-state index is 0.106. The second-order valence-electron chi connectivity index (χ2n) is 5.35. The Labute approximate surface area is 97.9 Å². The highest BCUT2D eigenvalue weighted by molar-refractivity contribution is 5.14. The summed E-state index contributed by atoms with van der Waals surface area (Å²) in [7, 11) is 0. The molecule has 3 heteroatoms. The van der Waals surface area contributed by atoms with Gasteiger partial charge in [0.1, 0.15) is 5.76 Å². The average Bonchev–Trinajstić information content (AvgIpc) is 2.49. The molecule has 1 atom stereocenters. The highest BCUT2D eigenvalue weighted by Gasteiger charge is 2.19. The van der Waals surface area contributed by atoms with Gasteiger partial charge in [-0.15, -0.1) is 0 Å². The first-order valence-electron chi connectivity index (χ1n) is 5.82. The topological polar surface area (TPSA) is 45.4 Å². The van der Waals surface area contributed by atoms with Crippen LogP contribution in [0.5, 0.6) is 0 Å². The molecule has 0 aliphatic carbocycles. The van der Waals surface area contributed by atoms with E-state index in [1.807, 2.05) is 19.9 Å². The molecule has 1 rings (SSSR count). The maximum atomic E-state index is 9.37. The largest absolute Gasteiger partial charge is 0.468 e. The molecule has 0 aliphatic heterocycles. The number of aryl methyl sites for hydroxylation is 1. The standard InChI is InChI=1S/C13H23NO2/c1-10-5-6-16-12(10)8-14-9-13(3,4)7-11(2)15/h5-6,11,14-15H,7-9H2,1-4H3. The zero-order chi connectivity index (χ0) is 12.2. The summed E-state index contributed by atoms with van der Waals surface area (Å²) in [5.74, 6) is 0.993. The van der Waals surface area contributed by atoms with E-state index < -0.39 is 0 Å². The number of aliphatic hydroxyl groups is 1. The fraction of sp³-hybridized carbons (Fsp3) is 0.692. The van der Waals surface area contributed by atoms with E-state index in [0.717, 1.165) is 25.3 Å². The highest BCUT2D eigenvalue weighted by atomic mass is 16.3. The molecule has 1 aromatic rings. The number of nitrogens with one attached hydrogen (secondary N) is 1. The number of hydrogen-bond donors (Lipinski definition) is 2. The number of hydrogen-bond acceptors (Lipinski definition) is 3. The second kappa shape index (κ2) is 5.51. The summed E-state index contributed by atoms with van der Waals surface area (Å²) in [5, 5.41) is 12.7. The van der Waals surface area contributed by atoms with E-state index in [1.165, 1.54) is 5.56 Å². The Morgan fingerprint density at radius 1 is 1.50 bits per heavy atom. The van der Waals surface area contributed by atoms with Crippen LogP contribution in [0, 0.1) is 12.3 Å². The summed E-state index contributed by atoms with van der Waals surface area (Å²) in [5.41, 5.74) is 1.29. The van der Waals surface area contributed by atoms with Gasteiger partial charge in [-0.05, 0) is 37.3 Å². The molecule has 1 heterocycles. The smallest absolute Gasteiger partial charge is 0.120 e. The Kier molecular flexibility index (Phi) is 4.56. The Morgan fingerprint density at radius 2 is 2.19 bits per heavy atom. The van der Waals surface area contributed by atoms with Gasteiger partial charge < -0.3 is 14.8 Å². The van der Waals surface area contributed by atoms with Crippen LogP contribution in [-0.2, 0) is 6.54 Å². The molecule has 0 amide bonds. The minimum atomic E-state index is -0.248. The molecular formula is C13H23NO2. The summed E-state index contributed by atoms with van der Waals surface area (Å²) in [4.78, 5) is 0. The number of aliphatic hydroxyl groups excluding tert-OH is 1. The zero-order valence-electron chi connectivity index (χ0n) is 10.7. The molecule has 1 aromatic heterocycles. The van der Waals surface area contributed by atoms with Gasteiger partial charge in [0.15, 0.2) is 0 Å². The normalized spacial score (nSPS) is 14.1. The molecular weight excluding hydrogens is 202 g/mol. The third-order valence-electron chi connectivity index (χ3n) is 2.71. The van der Waals surface area contributed by atoms with E-state index in [2.05, 4.69) is 19.2 Å². The van der Waals surface area contributed by atoms with E-state index in [4.69, 9.17) is 4.42 Å². The maximum Gasteiger partial charge on any atom is 0.120 e. The molecule has 16 heavy (non-hydrogen) atoms. The molecule has 0 saturated heterocycles. The van der Waals surface area contributed by atoms with Crippen LogP contribution < -0.4 is 5.32 Å². The van der Waals surface area contributed by atoms with E-state index in [0.29, 0.717) is 0 Å². The van der Waals surface area contributed by atoms with Crippen LogP contribution in [0.15, 0.2) is 16.7 Å². The van der Waals surface area contributed by atoms with Gasteiger partial charge in [0.25, 0.3) is 0 Å². The second-order valence-corrected chi connectivity index (χ2v) is 5.35. The van der Waals surface area contributed by atoms with E-state index in [9.17, 15) is 5.11 Å². The molecule has 0 aromatic carbocycles. The Bertz CT molecular complexity index is 315. The van der Waals surface area contributed by atoms with E-state index >= 15 is 0 Å². The van der Waals surface area contributed by atoms with Gasteiger partial charge in [0.05, 0.1) is 18.9 Å². The van der Waals surface area contributed by atoms with Crippen LogP contribution in [0.2, 0.25) is 0 Å². The first-order chi connectivity index (χ1) is 7.41. The van der Waals surface area contributed by atoms with Crippen LogP contribution in [0.25, 0.3) is 0 Å². The number of furan rings is 1. The lowest BCUT2D eigenvalue weighted by atomic mass is 9.87. The van der Waals surface area contributed by atoms with Crippen molar-refractivity contribution in [3.8, 4) is 0 Å². The molecule has 2 N–H and O–H groups in total. The fourth-order valence-electron chi connectivity index (χ4n) is 1.97. The van der Waals surface area contributed by atoms with Gasteiger partial charge in [0.2, 0.25) is 0 Å². The van der Waals surface area contributed by atoms with Gasteiger partial charge in [-0.1, -0.05) is 13.8 Å². The van der Waals surface area contributed by atoms with Gasteiger partial charge in [-0.3, -0.25) is 0 Å². The van der Waals surface area contributed by atoms with Gasteiger partial charge in [0, 0.05) is 6.54 Å². The quantitative estimate of drug-likeness (QED) is 0.781. The van der Waals surface area contributed by atoms with E-state index in [-0.39, 0.29) is 11.5 Å². The first kappa shape index (κ1) is 13.3. The van der Waals surface area contributed by atoms with Crippen molar-refractivity contribution in [3.63, 3.8) is 0 Å². The SMILES string of the molecule is Cc1ccoc1CNCC(C)(C)CC(C)O. The summed E-state index contributed by atoms with van der Waals surface area (Å²) in [6, 6.07) is 1.97. The van der Waals surface area contributed by atoms with Crippen molar-refractivity contribution in [1.82, 2.24) is 5.32 Å². The summed E-state index contributed by atoms with van der Waals surface area (Å²) in [6.07, 6.45) is 2.27. The molecule has 3 nitrogen and oxygen atoms in total. The van der Waals surface area contributed by atoms with Crippen molar-refractivity contribution in [2.45, 2.75) is 46.8 Å². The van der Waals surface area contributed by atoms with Crippen LogP contribution in [0.3, 0.4) is 0 Å². The number of rotatable bonds is 6. The average molecular weight is 225 g/mol. The summed E-state index contributed by atoms with van der Waals surface area (Å²) < 4.78 is 5.35. The molecule has 0 saturated carbocycles. The van der Waals surface area contributed by atoms with Crippen LogP contribution in [-0.4, -0.2) is 17.8 Å². The first-order valence-corrected chi connectivity index (χ1v) is 5.82. The third-order valence-corrected chi connectivity index (χ3v) is 2.71. The lowest BCUT2D eigenvalue weighted by Crippen LogP contribution is -2.31. The van der Waals surface area contributed by atoms with Crippen molar-refractivity contribution >= 4 is 0 Å². The molecule has 0 aliphatic rings. The monoisotopic (exact) mass is 225 g/mol. The zero-order valence-corrected chi connectivity index (χ0v) is 10.7. The Morgan fingerprint density at radius 3 is 2.69 bits per heavy atom. The Hall–Kier alpha value is -0.800. The van der Waals surface area contributed by atoms with Crippen LogP contribution >= 0.6 is 0 Å². The third kappa shape index (κ3) is 4.37. The van der Waals surface area contributed by atoms with Crippen molar-refractivity contribution in [3.05, 3.63) is 23.7 Å². The van der Waals surface area contributed by atoms with Crippen LogP contribution in [0.4, 0.5) is 0 Å². The van der Waals surface area contributed by atoms with E-state index in [1.54, 1.807) is 6.26 Å². The highest BCUT2D eigenvalue weighted by Crippen LogP contribution is 2.21. The van der Waals surface area contributed by atoms with Gasteiger partial charge in [-0.2, -0.15) is 0 Å². The lowest BCUT2D eigenvalue weighted by Gasteiger charge is -2.26. The molecule has 0 spiro atoms. The predicted molar refractivity (Wildman–Crippen MR) is 65.2 cm³/mol. The van der Waals surface area contributed by atoms with Gasteiger partial charge >= 0.3 is 0 Å². The molecule has 1 unspecified atom stereocenters. The van der Waals surface area contributed by atoms with Crippen molar-refractivity contribution in [1.29, 1.82) is 0 Å². The van der Waals surface area contributed by atoms with Gasteiger partial charge in [-0.25, -0.2) is 0 Å².